The number of carbonyl (C=O) groups excluding carboxylic acids is 1. The van der Waals surface area contributed by atoms with Crippen molar-refractivity contribution in [2.24, 2.45) is 7.05 Å². The molecule has 0 radical (unpaired) electrons. The van der Waals surface area contributed by atoms with Crippen molar-refractivity contribution < 1.29 is 24.2 Å². The van der Waals surface area contributed by atoms with E-state index >= 15 is 0 Å². The van der Waals surface area contributed by atoms with Gasteiger partial charge in [-0.3, -0.25) is 19.4 Å². The van der Waals surface area contributed by atoms with Crippen molar-refractivity contribution in [1.82, 2.24) is 29.3 Å². The van der Waals surface area contributed by atoms with Crippen LogP contribution in [0.25, 0.3) is 10.9 Å². The first-order valence-electron chi connectivity index (χ1n) is 17.3. The van der Waals surface area contributed by atoms with Gasteiger partial charge in [0.15, 0.2) is 0 Å². The van der Waals surface area contributed by atoms with Crippen LogP contribution in [-0.2, 0) is 11.8 Å². The molecule has 5 aromatic rings. The van der Waals surface area contributed by atoms with Gasteiger partial charge < -0.3 is 28.9 Å². The number of nitrogens with zero attached hydrogens (tertiary/aromatic N) is 8. The smallest absolute Gasteiger partial charge is 0.336 e. The normalized spacial score (nSPS) is 18.0. The number of carbonyl (C=O) groups is 2. The molecule has 3 aromatic carbocycles. The standard InChI is InChI=1S/C38H40N8O6S/c1-5-44-18-20-45(21-19-44)23-31-33(48)46(34(53-31)26-10-6-7-11-27(26)35(49)50)24-14-16-25(17-15-24)51-37-39-36(42(2)3)40-38(41-37)52-30-22-32(47)43(4)29-13-9-8-12-28(29)30/h6-17,22,31,34H,5,18-21,23H2,1-4H3,(H,49,50). The lowest BCUT2D eigenvalue weighted by molar-refractivity contribution is -0.118. The number of carboxylic acid groups (broad SMARTS) is 1. The highest BCUT2D eigenvalue weighted by atomic mass is 32.2. The Labute approximate surface area is 310 Å². The van der Waals surface area contributed by atoms with Gasteiger partial charge in [-0.2, -0.15) is 9.97 Å². The first kappa shape index (κ1) is 35.9. The molecule has 2 atom stereocenters. The van der Waals surface area contributed by atoms with Crippen LogP contribution in [0.4, 0.5) is 11.6 Å². The van der Waals surface area contributed by atoms with Crippen molar-refractivity contribution in [3.8, 4) is 23.5 Å². The molecule has 0 aliphatic carbocycles. The molecule has 2 aliphatic rings. The van der Waals surface area contributed by atoms with Gasteiger partial charge in [0.2, 0.25) is 11.9 Å². The van der Waals surface area contributed by atoms with Gasteiger partial charge >= 0.3 is 18.0 Å². The molecule has 274 valence electrons. The number of hydrogen-bond acceptors (Lipinski definition) is 12. The summed E-state index contributed by atoms with van der Waals surface area (Å²) in [4.78, 5) is 60.5. The van der Waals surface area contributed by atoms with Crippen molar-refractivity contribution >= 4 is 46.2 Å². The van der Waals surface area contributed by atoms with Crippen molar-refractivity contribution in [1.29, 1.82) is 0 Å². The second-order valence-corrected chi connectivity index (χ2v) is 14.3. The number of likely N-dealkylation sites (N-methyl/N-ethyl adjacent to an activating group) is 1. The maximum Gasteiger partial charge on any atom is 0.336 e. The predicted octanol–water partition coefficient (Wildman–Crippen LogP) is 4.86. The number of anilines is 2. The molecule has 1 N–H and O–H groups in total. The summed E-state index contributed by atoms with van der Waals surface area (Å²) in [6.07, 6.45) is 0. The summed E-state index contributed by atoms with van der Waals surface area (Å²) in [5, 5.41) is 9.83. The Kier molecular flexibility index (Phi) is 10.3. The number of hydrogen-bond donors (Lipinski definition) is 1. The molecule has 53 heavy (non-hydrogen) atoms. The van der Waals surface area contributed by atoms with Crippen molar-refractivity contribution in [2.45, 2.75) is 17.5 Å². The van der Waals surface area contributed by atoms with Gasteiger partial charge in [0.1, 0.15) is 16.9 Å². The van der Waals surface area contributed by atoms with Crippen LogP contribution in [0, 0.1) is 0 Å². The molecule has 4 heterocycles. The third-order valence-corrected chi connectivity index (χ3v) is 10.9. The Morgan fingerprint density at radius 1 is 0.887 bits per heavy atom. The summed E-state index contributed by atoms with van der Waals surface area (Å²) >= 11 is 1.48. The SMILES string of the molecule is CCN1CCN(CC2SC(c3ccccc3C(=O)O)N(c3ccc(Oc4nc(Oc5cc(=O)n(C)c6ccccc56)nc(N(C)C)n4)cc3)C2=O)CC1. The molecular weight excluding hydrogens is 697 g/mol. The molecule has 0 spiro atoms. The predicted molar refractivity (Wildman–Crippen MR) is 203 cm³/mol. The fourth-order valence-corrected chi connectivity index (χ4v) is 8.07. The highest BCUT2D eigenvalue weighted by Gasteiger charge is 2.44. The third-order valence-electron chi connectivity index (χ3n) is 9.46. The Hall–Kier alpha value is -5.51. The second kappa shape index (κ2) is 15.2. The lowest BCUT2D eigenvalue weighted by Crippen LogP contribution is -2.49. The Morgan fingerprint density at radius 2 is 1.55 bits per heavy atom. The number of ether oxygens (including phenoxy) is 2. The molecule has 2 unspecified atom stereocenters. The maximum atomic E-state index is 14.2. The minimum absolute atomic E-state index is 0.0381. The number of benzene rings is 3. The lowest BCUT2D eigenvalue weighted by Gasteiger charge is -2.34. The number of piperazine rings is 1. The molecule has 14 nitrogen and oxygen atoms in total. The lowest BCUT2D eigenvalue weighted by atomic mass is 10.1. The molecule has 1 amide bonds. The highest BCUT2D eigenvalue weighted by molar-refractivity contribution is 8.01. The van der Waals surface area contributed by atoms with Gasteiger partial charge in [0.05, 0.1) is 16.3 Å². The van der Waals surface area contributed by atoms with E-state index in [9.17, 15) is 19.5 Å². The first-order chi connectivity index (χ1) is 25.6. The van der Waals surface area contributed by atoms with Crippen molar-refractivity contribution in [2.75, 3.05) is 63.2 Å². The number of rotatable bonds is 11. The molecule has 15 heteroatoms. The quantitative estimate of drug-likeness (QED) is 0.197. The number of fused-ring (bicyclic) bond motifs is 1. The van der Waals surface area contributed by atoms with E-state index in [0.29, 0.717) is 40.2 Å². The van der Waals surface area contributed by atoms with Crippen LogP contribution < -0.4 is 24.8 Å². The van der Waals surface area contributed by atoms with Crippen molar-refractivity contribution in [3.05, 3.63) is 100 Å². The minimum atomic E-state index is -1.04. The molecule has 0 bridgehead atoms. The Morgan fingerprint density at radius 3 is 2.25 bits per heavy atom. The Bertz CT molecular complexity index is 2210. The van der Waals surface area contributed by atoms with E-state index in [1.807, 2.05) is 24.3 Å². The maximum absolute atomic E-state index is 14.2. The van der Waals surface area contributed by atoms with Crippen LogP contribution >= 0.6 is 11.8 Å². The Balaban J connectivity index is 1.16. The number of thioether (sulfide) groups is 1. The average Bonchev–Trinajstić information content (AvgIpc) is 3.49. The zero-order valence-electron chi connectivity index (χ0n) is 29.9. The molecule has 0 saturated carbocycles. The highest BCUT2D eigenvalue weighted by Crippen LogP contribution is 2.47. The summed E-state index contributed by atoms with van der Waals surface area (Å²) in [5.41, 5.74) is 1.77. The van der Waals surface area contributed by atoms with E-state index < -0.39 is 11.3 Å². The molecule has 2 saturated heterocycles. The first-order valence-corrected chi connectivity index (χ1v) is 18.3. The van der Waals surface area contributed by atoms with Crippen LogP contribution in [0.15, 0.2) is 83.7 Å². The fourth-order valence-electron chi connectivity index (χ4n) is 6.53. The summed E-state index contributed by atoms with van der Waals surface area (Å²) in [6.45, 7) is 7.38. The second-order valence-electron chi connectivity index (χ2n) is 13.0. The van der Waals surface area contributed by atoms with Gasteiger partial charge in [-0.25, -0.2) is 4.79 Å². The monoisotopic (exact) mass is 736 g/mol. The van der Waals surface area contributed by atoms with E-state index in [2.05, 4.69) is 31.7 Å². The topological polar surface area (TPSA) is 146 Å². The average molecular weight is 737 g/mol. The van der Waals surface area contributed by atoms with Crippen molar-refractivity contribution in [3.63, 3.8) is 0 Å². The summed E-state index contributed by atoms with van der Waals surface area (Å²) in [7, 11) is 5.24. The number of carboxylic acids is 1. The van der Waals surface area contributed by atoms with Crippen LogP contribution in [0.2, 0.25) is 0 Å². The van der Waals surface area contributed by atoms with E-state index in [4.69, 9.17) is 9.47 Å². The molecule has 2 aliphatic heterocycles. The summed E-state index contributed by atoms with van der Waals surface area (Å²) in [5.74, 6) is -0.163. The number of amides is 1. The third kappa shape index (κ3) is 7.54. The molecular formula is C38H40N8O6S. The summed E-state index contributed by atoms with van der Waals surface area (Å²) < 4.78 is 13.7. The fraction of sp³-hybridized carbons (Fsp3) is 0.316. The van der Waals surface area contributed by atoms with Gasteiger partial charge in [-0.1, -0.05) is 37.3 Å². The van der Waals surface area contributed by atoms with Gasteiger partial charge in [-0.15, -0.1) is 16.7 Å². The number of aromatic nitrogens is 4. The largest absolute Gasteiger partial charge is 0.478 e. The van der Waals surface area contributed by atoms with Crippen LogP contribution in [0.3, 0.4) is 0 Å². The van der Waals surface area contributed by atoms with E-state index in [1.165, 1.54) is 22.4 Å². The minimum Gasteiger partial charge on any atom is -0.478 e. The van der Waals surface area contributed by atoms with E-state index in [0.717, 1.165) is 32.7 Å². The number of aryl methyl sites for hydroxylation is 1. The zero-order valence-corrected chi connectivity index (χ0v) is 30.7. The van der Waals surface area contributed by atoms with Gasteiger partial charge in [-0.05, 0) is 54.6 Å². The van der Waals surface area contributed by atoms with E-state index in [1.54, 1.807) is 79.5 Å². The van der Waals surface area contributed by atoms with Gasteiger partial charge in [0, 0.05) is 71.0 Å². The van der Waals surface area contributed by atoms with Gasteiger partial charge in [0.25, 0.3) is 5.56 Å². The molecule has 7 rings (SSSR count). The number of pyridine rings is 1. The summed E-state index contributed by atoms with van der Waals surface area (Å²) in [6, 6.07) is 22.5. The number of aromatic carboxylic acids is 1. The van der Waals surface area contributed by atoms with E-state index in [-0.39, 0.29) is 40.2 Å². The zero-order chi connectivity index (χ0) is 37.2. The molecule has 2 fully saturated rings. The number of para-hydroxylation sites is 1. The molecule has 2 aromatic heterocycles. The van der Waals surface area contributed by atoms with Crippen LogP contribution in [0.5, 0.6) is 23.5 Å². The van der Waals surface area contributed by atoms with Crippen LogP contribution in [-0.4, -0.2) is 105 Å². The van der Waals surface area contributed by atoms with Crippen LogP contribution in [0.1, 0.15) is 28.2 Å².